The second kappa shape index (κ2) is 16.9. The number of rotatable bonds is 19. The van der Waals surface area contributed by atoms with Gasteiger partial charge in [-0.2, -0.15) is 0 Å². The third-order valence-electron chi connectivity index (χ3n) is 9.07. The summed E-state index contributed by atoms with van der Waals surface area (Å²) in [5.41, 5.74) is -0.104. The van der Waals surface area contributed by atoms with Crippen LogP contribution in [-0.2, 0) is 52.9 Å². The number of hydrogen-bond donors (Lipinski definition) is 0. The van der Waals surface area contributed by atoms with Gasteiger partial charge < -0.3 is 47.4 Å². The number of fused-ring (bicyclic) bond motifs is 1. The fourth-order valence-corrected chi connectivity index (χ4v) is 6.77. The molecule has 1 aromatic rings. The molecule has 13 heteroatoms. The number of likely N-dealkylation sites (tertiary alicyclic amines) is 1. The SMILES string of the molecule is COCCOCCOCC(=O)OC1=CC[C@@]2(OC(=O)COCCOCCOC)[C@@H](C)N(C)CC[C@@]23c2c(C)ccc(OC)c2O[C@@H]13. The van der Waals surface area contributed by atoms with Crippen LogP contribution in [0.3, 0.4) is 0 Å². The van der Waals surface area contributed by atoms with Gasteiger partial charge in [0.15, 0.2) is 17.6 Å². The van der Waals surface area contributed by atoms with Crippen molar-refractivity contribution in [3.05, 3.63) is 35.1 Å². The summed E-state index contributed by atoms with van der Waals surface area (Å²) < 4.78 is 56.8. The Bertz CT molecular complexity index is 1210. The summed E-state index contributed by atoms with van der Waals surface area (Å²) in [6, 6.07) is 3.61. The summed E-state index contributed by atoms with van der Waals surface area (Å²) in [5, 5.41) is 0. The van der Waals surface area contributed by atoms with Gasteiger partial charge in [0.05, 0.1) is 65.4 Å². The smallest absolute Gasteiger partial charge is 0.337 e. The van der Waals surface area contributed by atoms with Crippen molar-refractivity contribution in [1.29, 1.82) is 0 Å². The molecule has 258 valence electrons. The maximum atomic E-state index is 13.5. The van der Waals surface area contributed by atoms with Gasteiger partial charge in [0, 0.05) is 32.2 Å². The van der Waals surface area contributed by atoms with Gasteiger partial charge in [-0.3, -0.25) is 4.90 Å². The number of piperidine rings is 1. The van der Waals surface area contributed by atoms with Crippen molar-refractivity contribution >= 4 is 11.9 Å². The van der Waals surface area contributed by atoms with Gasteiger partial charge in [0.1, 0.15) is 24.6 Å². The fourth-order valence-electron chi connectivity index (χ4n) is 6.77. The van der Waals surface area contributed by atoms with Crippen molar-refractivity contribution in [2.24, 2.45) is 0 Å². The minimum absolute atomic E-state index is 0.222. The molecule has 0 unspecified atom stereocenters. The zero-order valence-corrected chi connectivity index (χ0v) is 27.9. The minimum Gasteiger partial charge on any atom is -0.493 e. The monoisotopic (exact) mass is 651 g/mol. The Hall–Kier alpha value is -2.78. The molecule has 2 heterocycles. The van der Waals surface area contributed by atoms with Crippen molar-refractivity contribution in [3.63, 3.8) is 0 Å². The molecule has 1 aromatic carbocycles. The molecule has 1 saturated heterocycles. The summed E-state index contributed by atoms with van der Waals surface area (Å²) in [5.74, 6) is 0.405. The zero-order valence-electron chi connectivity index (χ0n) is 27.9. The van der Waals surface area contributed by atoms with Crippen molar-refractivity contribution in [2.75, 3.05) is 101 Å². The standard InChI is InChI=1S/C33H49NO12/c1-23-7-8-25(39-6)30-29(23)32-11-12-34(3)24(2)33(32,46-28(36)22-43-20-18-41-16-14-38-5)10-9-26(31(32)45-30)44-27(35)21-42-19-17-40-15-13-37-4/h7-9,24,31H,10-22H2,1-6H3/t24-,31+,32+,33-/m1/s1. The average molecular weight is 652 g/mol. The average Bonchev–Trinajstić information content (AvgIpc) is 3.41. The van der Waals surface area contributed by atoms with Crippen LogP contribution in [0.2, 0.25) is 0 Å². The van der Waals surface area contributed by atoms with Gasteiger partial charge in [-0.25, -0.2) is 9.59 Å². The lowest BCUT2D eigenvalue weighted by Gasteiger charge is -2.59. The molecule has 3 aliphatic rings. The first kappa shape index (κ1) is 36.1. The highest BCUT2D eigenvalue weighted by atomic mass is 16.6. The topological polar surface area (TPSA) is 130 Å². The molecule has 1 fully saturated rings. The highest BCUT2D eigenvalue weighted by Gasteiger charge is 2.71. The number of methoxy groups -OCH3 is 3. The Balaban J connectivity index is 1.59. The van der Waals surface area contributed by atoms with Crippen molar-refractivity contribution in [3.8, 4) is 11.5 Å². The van der Waals surface area contributed by atoms with E-state index in [0.717, 1.165) is 11.1 Å². The molecule has 0 saturated carbocycles. The highest BCUT2D eigenvalue weighted by molar-refractivity contribution is 5.74. The Morgan fingerprint density at radius 2 is 1.50 bits per heavy atom. The van der Waals surface area contributed by atoms with E-state index in [2.05, 4.69) is 11.8 Å². The largest absolute Gasteiger partial charge is 0.493 e. The maximum absolute atomic E-state index is 13.5. The normalized spacial score (nSPS) is 25.1. The van der Waals surface area contributed by atoms with E-state index in [0.29, 0.717) is 69.9 Å². The number of carbonyl (C=O) groups is 2. The maximum Gasteiger partial charge on any atom is 0.337 e. The number of benzene rings is 1. The van der Waals surface area contributed by atoms with Crippen LogP contribution in [0.5, 0.6) is 11.5 Å². The summed E-state index contributed by atoms with van der Waals surface area (Å²) >= 11 is 0. The van der Waals surface area contributed by atoms with Crippen LogP contribution < -0.4 is 9.47 Å². The number of hydrogen-bond acceptors (Lipinski definition) is 13. The molecule has 0 aromatic heterocycles. The van der Waals surface area contributed by atoms with Crippen LogP contribution in [0.25, 0.3) is 0 Å². The number of carbonyl (C=O) groups excluding carboxylic acids is 2. The first-order chi connectivity index (χ1) is 22.3. The molecule has 4 rings (SSSR count). The second-order valence-corrected chi connectivity index (χ2v) is 11.6. The number of aryl methyl sites for hydroxylation is 1. The third-order valence-corrected chi connectivity index (χ3v) is 9.07. The van der Waals surface area contributed by atoms with Crippen LogP contribution in [0.15, 0.2) is 24.0 Å². The van der Waals surface area contributed by atoms with Crippen molar-refractivity contribution in [1.82, 2.24) is 4.90 Å². The molecule has 0 amide bonds. The second-order valence-electron chi connectivity index (χ2n) is 11.6. The van der Waals surface area contributed by atoms with Crippen LogP contribution >= 0.6 is 0 Å². The molecule has 1 aliphatic carbocycles. The van der Waals surface area contributed by atoms with E-state index in [1.807, 2.05) is 26.1 Å². The van der Waals surface area contributed by atoms with Crippen LogP contribution in [-0.4, -0.2) is 136 Å². The lowest BCUT2D eigenvalue weighted by molar-refractivity contribution is -0.205. The Kier molecular flexibility index (Phi) is 13.2. The fraction of sp³-hybridized carbons (Fsp3) is 0.697. The molecule has 2 aliphatic heterocycles. The van der Waals surface area contributed by atoms with E-state index in [1.165, 1.54) is 0 Å². The first-order valence-electron chi connectivity index (χ1n) is 15.7. The van der Waals surface area contributed by atoms with Gasteiger partial charge in [-0.15, -0.1) is 0 Å². The van der Waals surface area contributed by atoms with E-state index in [4.69, 9.17) is 47.4 Å². The number of ether oxygens (including phenoxy) is 10. The number of likely N-dealkylation sites (N-methyl/N-ethyl adjacent to an activating group) is 1. The molecule has 4 atom stereocenters. The minimum atomic E-state index is -1.08. The quantitative estimate of drug-likeness (QED) is 0.160. The summed E-state index contributed by atoms with van der Waals surface area (Å²) in [6.45, 7) is 7.22. The van der Waals surface area contributed by atoms with Gasteiger partial charge >= 0.3 is 11.9 Å². The Morgan fingerprint density at radius 3 is 2.13 bits per heavy atom. The zero-order chi connectivity index (χ0) is 33.2. The Morgan fingerprint density at radius 1 is 0.891 bits per heavy atom. The van der Waals surface area contributed by atoms with Crippen LogP contribution in [0.1, 0.15) is 30.9 Å². The number of nitrogens with zero attached hydrogens (tertiary/aromatic N) is 1. The molecule has 13 nitrogen and oxygen atoms in total. The molecular formula is C33H49NO12. The molecule has 1 spiro atoms. The van der Waals surface area contributed by atoms with Crippen LogP contribution in [0, 0.1) is 6.92 Å². The van der Waals surface area contributed by atoms with E-state index < -0.39 is 29.1 Å². The highest BCUT2D eigenvalue weighted by Crippen LogP contribution is 2.63. The van der Waals surface area contributed by atoms with Gasteiger partial charge in [0.2, 0.25) is 0 Å². The first-order valence-corrected chi connectivity index (χ1v) is 15.7. The summed E-state index contributed by atoms with van der Waals surface area (Å²) in [7, 11) is 6.80. The van der Waals surface area contributed by atoms with E-state index in [-0.39, 0.29) is 38.9 Å². The molecular weight excluding hydrogens is 602 g/mol. The molecule has 0 bridgehead atoms. The van der Waals surface area contributed by atoms with E-state index in [1.54, 1.807) is 27.4 Å². The lowest BCUT2D eigenvalue weighted by atomic mass is 9.54. The van der Waals surface area contributed by atoms with E-state index in [9.17, 15) is 9.59 Å². The molecule has 0 N–H and O–H groups in total. The predicted octanol–water partition coefficient (Wildman–Crippen LogP) is 2.20. The van der Waals surface area contributed by atoms with Crippen LogP contribution in [0.4, 0.5) is 0 Å². The Labute approximate surface area is 271 Å². The predicted molar refractivity (Wildman–Crippen MR) is 165 cm³/mol. The van der Waals surface area contributed by atoms with E-state index >= 15 is 0 Å². The summed E-state index contributed by atoms with van der Waals surface area (Å²) in [6.07, 6.45) is 1.91. The van der Waals surface area contributed by atoms with Gasteiger partial charge in [-0.1, -0.05) is 6.07 Å². The summed E-state index contributed by atoms with van der Waals surface area (Å²) in [4.78, 5) is 28.7. The molecule has 46 heavy (non-hydrogen) atoms. The van der Waals surface area contributed by atoms with Crippen molar-refractivity contribution in [2.45, 2.75) is 49.9 Å². The van der Waals surface area contributed by atoms with Gasteiger partial charge in [0.25, 0.3) is 0 Å². The van der Waals surface area contributed by atoms with Crippen molar-refractivity contribution < 1.29 is 57.0 Å². The number of esters is 2. The molecule has 0 radical (unpaired) electrons. The lowest BCUT2D eigenvalue weighted by Crippen LogP contribution is -2.73. The van der Waals surface area contributed by atoms with Gasteiger partial charge in [-0.05, 0) is 51.6 Å². The third kappa shape index (κ3) is 7.51.